The molecular formula is C18H30N4OS. The van der Waals surface area contributed by atoms with Gasteiger partial charge in [0.2, 0.25) is 0 Å². The van der Waals surface area contributed by atoms with Gasteiger partial charge in [-0.25, -0.2) is 4.98 Å². The van der Waals surface area contributed by atoms with E-state index in [1.807, 2.05) is 10.6 Å². The first kappa shape index (κ1) is 19.1. The number of imidazole rings is 1. The molecule has 134 valence electrons. The van der Waals surface area contributed by atoms with Gasteiger partial charge < -0.3 is 10.0 Å². The highest BCUT2D eigenvalue weighted by molar-refractivity contribution is 7.80. The Morgan fingerprint density at radius 1 is 1.12 bits per heavy atom. The van der Waals surface area contributed by atoms with E-state index in [1.165, 1.54) is 19.3 Å². The van der Waals surface area contributed by atoms with Crippen LogP contribution in [-0.2, 0) is 13.0 Å². The van der Waals surface area contributed by atoms with Crippen molar-refractivity contribution in [2.75, 3.05) is 19.6 Å². The van der Waals surface area contributed by atoms with Gasteiger partial charge in [0.1, 0.15) is 5.52 Å². The second kappa shape index (κ2) is 9.28. The maximum Gasteiger partial charge on any atom is 0.296 e. The van der Waals surface area contributed by atoms with Crippen molar-refractivity contribution in [2.45, 2.75) is 64.3 Å². The number of hydrogen-bond acceptors (Lipinski definition) is 5. The van der Waals surface area contributed by atoms with Crippen LogP contribution in [0.1, 0.15) is 52.1 Å². The third-order valence-electron chi connectivity index (χ3n) is 4.54. The number of aromatic nitrogens is 3. The Bertz CT molecular complexity index is 652. The molecule has 2 heterocycles. The highest BCUT2D eigenvalue weighted by Crippen LogP contribution is 2.26. The average Bonchev–Trinajstić information content (AvgIpc) is 2.89. The zero-order valence-corrected chi connectivity index (χ0v) is 16.0. The van der Waals surface area contributed by atoms with E-state index in [9.17, 15) is 5.11 Å². The van der Waals surface area contributed by atoms with E-state index in [2.05, 4.69) is 43.3 Å². The molecule has 0 aliphatic heterocycles. The fourth-order valence-electron chi connectivity index (χ4n) is 2.96. The van der Waals surface area contributed by atoms with E-state index < -0.39 is 0 Å². The summed E-state index contributed by atoms with van der Waals surface area (Å²) >= 11 is 4.55. The van der Waals surface area contributed by atoms with Crippen molar-refractivity contribution in [3.05, 3.63) is 11.8 Å². The Hall–Kier alpha value is -1.27. The largest absolute Gasteiger partial charge is 0.480 e. The lowest BCUT2D eigenvalue weighted by atomic mass is 10.1. The number of aryl methyl sites for hydroxylation is 1. The molecular weight excluding hydrogens is 320 g/mol. The van der Waals surface area contributed by atoms with Gasteiger partial charge in [-0.15, -0.1) is 12.6 Å². The van der Waals surface area contributed by atoms with Crippen molar-refractivity contribution in [1.82, 2.24) is 19.4 Å². The topological polar surface area (TPSA) is 54.2 Å². The Balaban J connectivity index is 2.20. The van der Waals surface area contributed by atoms with Crippen molar-refractivity contribution in [1.29, 1.82) is 0 Å². The SMILES string of the molecule is CCCCCCc1cc(S)c2nc(O)n(CCN(CC)CC)c2n1. The normalized spacial score (nSPS) is 11.7. The maximum atomic E-state index is 10.2. The van der Waals surface area contributed by atoms with E-state index in [-0.39, 0.29) is 6.01 Å². The van der Waals surface area contributed by atoms with Gasteiger partial charge in [0.15, 0.2) is 5.65 Å². The molecule has 2 rings (SSSR count). The number of fused-ring (bicyclic) bond motifs is 1. The molecule has 0 aliphatic rings. The minimum absolute atomic E-state index is 0.0306. The summed E-state index contributed by atoms with van der Waals surface area (Å²) in [6.45, 7) is 10.1. The number of nitrogens with zero attached hydrogens (tertiary/aromatic N) is 4. The Labute approximate surface area is 150 Å². The quantitative estimate of drug-likeness (QED) is 0.504. The molecule has 0 amide bonds. The van der Waals surface area contributed by atoms with Crippen LogP contribution in [0.5, 0.6) is 6.01 Å². The molecule has 0 saturated heterocycles. The van der Waals surface area contributed by atoms with E-state index in [4.69, 9.17) is 4.98 Å². The first-order chi connectivity index (χ1) is 11.6. The number of thiol groups is 1. The second-order valence-electron chi connectivity index (χ2n) is 6.21. The standard InChI is InChI=1S/C18H30N4OS/c1-4-7-8-9-10-14-13-15(24)16-17(19-14)22(18(23)20-16)12-11-21(5-2)6-3/h13H,4-12H2,1-3H3,(H,19,24)(H,20,23). The molecule has 5 nitrogen and oxygen atoms in total. The number of aromatic hydroxyl groups is 1. The fourth-order valence-corrected chi connectivity index (χ4v) is 3.26. The van der Waals surface area contributed by atoms with Crippen LogP contribution in [0, 0.1) is 0 Å². The molecule has 0 aliphatic carbocycles. The van der Waals surface area contributed by atoms with Crippen LogP contribution in [0.2, 0.25) is 0 Å². The van der Waals surface area contributed by atoms with Crippen LogP contribution in [0.4, 0.5) is 0 Å². The third-order valence-corrected chi connectivity index (χ3v) is 4.88. The molecule has 0 atom stereocenters. The summed E-state index contributed by atoms with van der Waals surface area (Å²) in [5, 5.41) is 10.2. The van der Waals surface area contributed by atoms with Gasteiger partial charge in [-0.3, -0.25) is 4.57 Å². The first-order valence-electron chi connectivity index (χ1n) is 9.11. The van der Waals surface area contributed by atoms with Gasteiger partial charge in [0.25, 0.3) is 6.01 Å². The van der Waals surface area contributed by atoms with E-state index in [0.717, 1.165) is 48.7 Å². The lowest BCUT2D eigenvalue weighted by Gasteiger charge is -2.18. The summed E-state index contributed by atoms with van der Waals surface area (Å²) in [6, 6.07) is 2.02. The lowest BCUT2D eigenvalue weighted by molar-refractivity contribution is 0.283. The van der Waals surface area contributed by atoms with Gasteiger partial charge in [-0.05, 0) is 32.0 Å². The molecule has 0 spiro atoms. The predicted octanol–water partition coefficient (Wildman–Crippen LogP) is 3.89. The number of unbranched alkanes of at least 4 members (excludes halogenated alkanes) is 3. The van der Waals surface area contributed by atoms with Gasteiger partial charge in [-0.2, -0.15) is 4.98 Å². The molecule has 2 aromatic heterocycles. The minimum Gasteiger partial charge on any atom is -0.480 e. The maximum absolute atomic E-state index is 10.2. The van der Waals surface area contributed by atoms with Crippen molar-refractivity contribution in [2.24, 2.45) is 0 Å². The zero-order chi connectivity index (χ0) is 17.5. The number of likely N-dealkylation sites (N-methyl/N-ethyl adjacent to an activating group) is 1. The molecule has 2 aromatic rings. The number of pyridine rings is 1. The summed E-state index contributed by atoms with van der Waals surface area (Å²) in [5.74, 6) is 0. The molecule has 24 heavy (non-hydrogen) atoms. The van der Waals surface area contributed by atoms with E-state index in [1.54, 1.807) is 0 Å². The molecule has 0 unspecified atom stereocenters. The Morgan fingerprint density at radius 3 is 2.54 bits per heavy atom. The third kappa shape index (κ3) is 4.63. The van der Waals surface area contributed by atoms with Crippen molar-refractivity contribution < 1.29 is 5.11 Å². The highest BCUT2D eigenvalue weighted by atomic mass is 32.1. The van der Waals surface area contributed by atoms with E-state index >= 15 is 0 Å². The lowest BCUT2D eigenvalue weighted by Crippen LogP contribution is -2.27. The fraction of sp³-hybridized carbons (Fsp3) is 0.667. The van der Waals surface area contributed by atoms with Crippen LogP contribution in [0.3, 0.4) is 0 Å². The smallest absolute Gasteiger partial charge is 0.296 e. The molecule has 0 radical (unpaired) electrons. The van der Waals surface area contributed by atoms with Crippen LogP contribution < -0.4 is 0 Å². The molecule has 0 bridgehead atoms. The van der Waals surface area contributed by atoms with Crippen LogP contribution in [0.25, 0.3) is 11.2 Å². The predicted molar refractivity (Wildman–Crippen MR) is 102 cm³/mol. The molecule has 1 N–H and O–H groups in total. The minimum atomic E-state index is 0.0306. The van der Waals surface area contributed by atoms with Gasteiger partial charge in [0.05, 0.1) is 0 Å². The summed E-state index contributed by atoms with van der Waals surface area (Å²) in [7, 11) is 0. The Kier molecular flexibility index (Phi) is 7.37. The van der Waals surface area contributed by atoms with Crippen LogP contribution >= 0.6 is 12.6 Å². The summed E-state index contributed by atoms with van der Waals surface area (Å²) in [5.41, 5.74) is 2.47. The Morgan fingerprint density at radius 2 is 1.88 bits per heavy atom. The molecule has 6 heteroatoms. The van der Waals surface area contributed by atoms with Crippen molar-refractivity contribution in [3.8, 4) is 6.01 Å². The summed E-state index contributed by atoms with van der Waals surface area (Å²) < 4.78 is 1.81. The molecule has 0 saturated carbocycles. The van der Waals surface area contributed by atoms with E-state index in [0.29, 0.717) is 12.1 Å². The molecule has 0 fully saturated rings. The monoisotopic (exact) mass is 350 g/mol. The van der Waals surface area contributed by atoms with Gasteiger partial charge in [0, 0.05) is 23.7 Å². The van der Waals surface area contributed by atoms with Crippen molar-refractivity contribution >= 4 is 23.8 Å². The van der Waals surface area contributed by atoms with Crippen LogP contribution in [-0.4, -0.2) is 44.2 Å². The van der Waals surface area contributed by atoms with Gasteiger partial charge in [-0.1, -0.05) is 40.0 Å². The zero-order valence-electron chi connectivity index (χ0n) is 15.1. The van der Waals surface area contributed by atoms with Crippen molar-refractivity contribution in [3.63, 3.8) is 0 Å². The highest BCUT2D eigenvalue weighted by Gasteiger charge is 2.15. The first-order valence-corrected chi connectivity index (χ1v) is 9.55. The number of hydrogen-bond donors (Lipinski definition) is 2. The average molecular weight is 351 g/mol. The summed E-state index contributed by atoms with van der Waals surface area (Å²) in [6.07, 6.45) is 5.81. The van der Waals surface area contributed by atoms with Crippen LogP contribution in [0.15, 0.2) is 11.0 Å². The summed E-state index contributed by atoms with van der Waals surface area (Å²) in [4.78, 5) is 12.1. The van der Waals surface area contributed by atoms with Gasteiger partial charge >= 0.3 is 0 Å². The molecule has 0 aromatic carbocycles. The second-order valence-corrected chi connectivity index (χ2v) is 6.69. The number of rotatable bonds is 10.